The Morgan fingerprint density at radius 3 is 2.42 bits per heavy atom. The van der Waals surface area contributed by atoms with E-state index in [1.165, 1.54) is 47.1 Å². The molecule has 0 radical (unpaired) electrons. The van der Waals surface area contributed by atoms with Gasteiger partial charge in [-0.05, 0) is 59.8 Å². The third-order valence-electron chi connectivity index (χ3n) is 7.59. The van der Waals surface area contributed by atoms with E-state index >= 15 is 0 Å². The van der Waals surface area contributed by atoms with Gasteiger partial charge in [0.1, 0.15) is 0 Å². The predicted molar refractivity (Wildman–Crippen MR) is 140 cm³/mol. The van der Waals surface area contributed by atoms with E-state index in [1.54, 1.807) is 7.11 Å². The van der Waals surface area contributed by atoms with Crippen molar-refractivity contribution in [1.29, 1.82) is 0 Å². The van der Waals surface area contributed by atoms with E-state index in [1.807, 2.05) is 6.07 Å². The summed E-state index contributed by atoms with van der Waals surface area (Å²) in [6.45, 7) is 11.3. The molecule has 1 unspecified atom stereocenters. The zero-order valence-corrected chi connectivity index (χ0v) is 21.2. The lowest BCUT2D eigenvalue weighted by Crippen LogP contribution is -2.16. The number of nitrogens with zero attached hydrogens (tertiary/aromatic N) is 1. The molecule has 1 fully saturated rings. The van der Waals surface area contributed by atoms with Crippen molar-refractivity contribution in [3.8, 4) is 5.88 Å². The largest absolute Gasteiger partial charge is 0.481 e. The first kappa shape index (κ1) is 23.5. The molecule has 0 N–H and O–H groups in total. The third-order valence-corrected chi connectivity index (χ3v) is 7.59. The van der Waals surface area contributed by atoms with E-state index < -0.39 is 0 Å². The van der Waals surface area contributed by atoms with Crippen LogP contribution in [0.1, 0.15) is 65.1 Å². The van der Waals surface area contributed by atoms with Gasteiger partial charge < -0.3 is 4.74 Å². The lowest BCUT2D eigenvalue weighted by Gasteiger charge is -2.29. The summed E-state index contributed by atoms with van der Waals surface area (Å²) in [5.41, 5.74) is 8.15. The summed E-state index contributed by atoms with van der Waals surface area (Å²) in [4.78, 5) is 4.89. The Labute approximate surface area is 200 Å². The van der Waals surface area contributed by atoms with Crippen molar-refractivity contribution in [3.63, 3.8) is 0 Å². The first-order valence-electron chi connectivity index (χ1n) is 12.5. The molecule has 1 saturated carbocycles. The molecule has 0 bridgehead atoms. The molecule has 1 aromatic heterocycles. The van der Waals surface area contributed by atoms with Gasteiger partial charge in [0.25, 0.3) is 0 Å². The molecule has 0 aliphatic heterocycles. The van der Waals surface area contributed by atoms with Crippen LogP contribution in [0.15, 0.2) is 77.5 Å². The van der Waals surface area contributed by atoms with E-state index in [2.05, 4.69) is 89.3 Å². The van der Waals surface area contributed by atoms with Crippen LogP contribution < -0.4 is 4.74 Å². The molecule has 0 amide bonds. The molecule has 1 aromatic rings. The lowest BCUT2D eigenvalue weighted by molar-refractivity contribution is 0.314. The second kappa shape index (κ2) is 9.71. The standard InChI is InChI=1S/C31H39NO/c1-7-9-26-27-16-17-30(33-6)32-29(27)20-25(23-10-8-11-23)19-28(26)24-14-12-22(13-15-24)18-21(2)31(3,4)5/h7,9,12-19,21,23-24H,8,10-11,20H2,1-6H3/b9-7+,22-18?. The molecule has 4 rings (SSSR count). The van der Waals surface area contributed by atoms with E-state index in [4.69, 9.17) is 9.72 Å². The van der Waals surface area contributed by atoms with Gasteiger partial charge in [-0.3, -0.25) is 0 Å². The van der Waals surface area contributed by atoms with Gasteiger partial charge in [-0.2, -0.15) is 0 Å². The average molecular weight is 442 g/mol. The van der Waals surface area contributed by atoms with Gasteiger partial charge in [0.05, 0.1) is 12.8 Å². The first-order chi connectivity index (χ1) is 15.8. The summed E-state index contributed by atoms with van der Waals surface area (Å²) in [5.74, 6) is 2.17. The fourth-order valence-corrected chi connectivity index (χ4v) is 4.73. The van der Waals surface area contributed by atoms with Gasteiger partial charge in [-0.15, -0.1) is 0 Å². The number of ether oxygens (including phenoxy) is 1. The Morgan fingerprint density at radius 1 is 1.12 bits per heavy atom. The lowest BCUT2D eigenvalue weighted by atomic mass is 9.77. The molecule has 0 aromatic carbocycles. The van der Waals surface area contributed by atoms with Crippen molar-refractivity contribution in [3.05, 3.63) is 88.7 Å². The van der Waals surface area contributed by atoms with Crippen LogP contribution in [0.3, 0.4) is 0 Å². The number of aromatic nitrogens is 1. The predicted octanol–water partition coefficient (Wildman–Crippen LogP) is 8.05. The molecule has 174 valence electrons. The molecule has 2 heteroatoms. The monoisotopic (exact) mass is 441 g/mol. The Morgan fingerprint density at radius 2 is 1.85 bits per heavy atom. The molecule has 33 heavy (non-hydrogen) atoms. The molecule has 3 aliphatic carbocycles. The van der Waals surface area contributed by atoms with Crippen LogP contribution in [0.5, 0.6) is 5.88 Å². The van der Waals surface area contributed by atoms with E-state index in [-0.39, 0.29) is 11.3 Å². The van der Waals surface area contributed by atoms with Crippen molar-refractivity contribution in [2.45, 2.75) is 60.3 Å². The van der Waals surface area contributed by atoms with Crippen molar-refractivity contribution in [2.24, 2.45) is 23.2 Å². The second-order valence-corrected chi connectivity index (χ2v) is 10.8. The summed E-state index contributed by atoms with van der Waals surface area (Å²) >= 11 is 0. The fourth-order valence-electron chi connectivity index (χ4n) is 4.73. The molecule has 2 nitrogen and oxygen atoms in total. The fraction of sp³-hybridized carbons (Fsp3) is 0.452. The maximum atomic E-state index is 5.47. The zero-order chi connectivity index (χ0) is 23.6. The van der Waals surface area contributed by atoms with Gasteiger partial charge in [0.15, 0.2) is 0 Å². The molecular weight excluding hydrogens is 402 g/mol. The highest BCUT2D eigenvalue weighted by molar-refractivity contribution is 5.82. The number of rotatable bonds is 5. The van der Waals surface area contributed by atoms with Crippen molar-refractivity contribution in [1.82, 2.24) is 4.98 Å². The quantitative estimate of drug-likeness (QED) is 0.461. The minimum atomic E-state index is 0.265. The number of methoxy groups -OCH3 is 1. The van der Waals surface area contributed by atoms with Crippen molar-refractivity contribution in [2.75, 3.05) is 7.11 Å². The highest BCUT2D eigenvalue weighted by atomic mass is 16.5. The molecule has 1 atom stereocenters. The van der Waals surface area contributed by atoms with E-state index in [9.17, 15) is 0 Å². The average Bonchev–Trinajstić information content (AvgIpc) is 2.89. The number of fused-ring (bicyclic) bond motifs is 1. The summed E-state index contributed by atoms with van der Waals surface area (Å²) in [7, 11) is 1.70. The number of allylic oxidation sites excluding steroid dienone is 12. The topological polar surface area (TPSA) is 22.1 Å². The summed E-state index contributed by atoms with van der Waals surface area (Å²) in [6, 6.07) is 4.19. The van der Waals surface area contributed by atoms with E-state index in [0.717, 1.165) is 12.1 Å². The zero-order valence-electron chi connectivity index (χ0n) is 21.2. The maximum Gasteiger partial charge on any atom is 0.213 e. The van der Waals surface area contributed by atoms with Crippen LogP contribution in [0.25, 0.3) is 5.57 Å². The third kappa shape index (κ3) is 5.16. The Hall–Kier alpha value is -2.61. The Balaban J connectivity index is 1.77. The molecular formula is C31H39NO. The van der Waals surface area contributed by atoms with Crippen LogP contribution in [0, 0.1) is 23.2 Å². The van der Waals surface area contributed by atoms with Crippen molar-refractivity contribution < 1.29 is 4.74 Å². The number of hydrogen-bond donors (Lipinski definition) is 0. The summed E-state index contributed by atoms with van der Waals surface area (Å²) in [6.07, 6.45) is 23.5. The van der Waals surface area contributed by atoms with Gasteiger partial charge in [-0.25, -0.2) is 4.98 Å². The van der Waals surface area contributed by atoms with Crippen LogP contribution in [-0.4, -0.2) is 12.1 Å². The van der Waals surface area contributed by atoms with Crippen molar-refractivity contribution >= 4 is 5.57 Å². The summed E-state index contributed by atoms with van der Waals surface area (Å²) in [5, 5.41) is 0. The Kier molecular flexibility index (Phi) is 6.93. The van der Waals surface area contributed by atoms with Crippen LogP contribution >= 0.6 is 0 Å². The molecule has 0 saturated heterocycles. The van der Waals surface area contributed by atoms with Gasteiger partial charge in [0, 0.05) is 24.0 Å². The minimum Gasteiger partial charge on any atom is -0.481 e. The highest BCUT2D eigenvalue weighted by Gasteiger charge is 2.28. The minimum absolute atomic E-state index is 0.265. The van der Waals surface area contributed by atoms with Crippen LogP contribution in [0.2, 0.25) is 0 Å². The number of pyridine rings is 1. The van der Waals surface area contributed by atoms with Gasteiger partial charge in [0.2, 0.25) is 5.88 Å². The SMILES string of the molecule is C/C=C/C1=C(C2C=CC(=CC(C)C(C)(C)C)C=C2)C=C(C2CCC2)Cc2nc(OC)ccc21. The first-order valence-corrected chi connectivity index (χ1v) is 12.5. The van der Waals surface area contributed by atoms with Crippen LogP contribution in [0.4, 0.5) is 0 Å². The molecule has 0 spiro atoms. The molecule has 3 aliphatic rings. The smallest absolute Gasteiger partial charge is 0.213 e. The number of hydrogen-bond acceptors (Lipinski definition) is 2. The normalized spacial score (nSPS) is 22.1. The highest BCUT2D eigenvalue weighted by Crippen LogP contribution is 2.42. The molecule has 1 heterocycles. The maximum absolute atomic E-state index is 5.47. The Bertz CT molecular complexity index is 1050. The second-order valence-electron chi connectivity index (χ2n) is 10.8. The van der Waals surface area contributed by atoms with E-state index in [0.29, 0.717) is 17.7 Å². The summed E-state index contributed by atoms with van der Waals surface area (Å²) < 4.78 is 5.47. The van der Waals surface area contributed by atoms with Gasteiger partial charge >= 0.3 is 0 Å². The van der Waals surface area contributed by atoms with Crippen LogP contribution in [-0.2, 0) is 6.42 Å². The van der Waals surface area contributed by atoms with Gasteiger partial charge in [-0.1, -0.05) is 88.3 Å².